The van der Waals surface area contributed by atoms with Gasteiger partial charge in [0, 0.05) is 55.3 Å². The van der Waals surface area contributed by atoms with Crippen molar-refractivity contribution < 1.29 is 0 Å². The molecule has 0 bridgehead atoms. The molecular weight excluding hydrogens is 810 g/mol. The number of fused-ring (bicyclic) bond motifs is 12. The highest BCUT2D eigenvalue weighted by molar-refractivity contribution is 6.94. The van der Waals surface area contributed by atoms with Crippen LogP contribution in [-0.2, 0) is 27.1 Å². The minimum Gasteiger partial charge on any atom is -0.376 e. The maximum absolute atomic E-state index is 2.79. The fraction of sp³-hybridized carbons (Fsp3) is 0.302. The Morgan fingerprint density at radius 1 is 0.448 bits per heavy atom. The number of rotatable bonds is 2. The molecule has 3 aliphatic rings. The molecule has 0 saturated heterocycles. The van der Waals surface area contributed by atoms with Crippen molar-refractivity contribution >= 4 is 78.3 Å². The lowest BCUT2D eigenvalue weighted by atomic mass is 9.43. The third kappa shape index (κ3) is 5.84. The van der Waals surface area contributed by atoms with E-state index in [1.165, 1.54) is 122 Å². The molecule has 67 heavy (non-hydrogen) atoms. The Morgan fingerprint density at radius 3 is 1.70 bits per heavy atom. The summed E-state index contributed by atoms with van der Waals surface area (Å²) in [5, 5.41) is 5.21. The highest BCUT2D eigenvalue weighted by Crippen LogP contribution is 2.57. The van der Waals surface area contributed by atoms with Crippen molar-refractivity contribution in [2.75, 3.05) is 4.81 Å². The van der Waals surface area contributed by atoms with Crippen LogP contribution in [-0.4, -0.2) is 16.0 Å². The van der Waals surface area contributed by atoms with E-state index in [2.05, 4.69) is 244 Å². The number of para-hydroxylation sites is 2. The zero-order valence-corrected chi connectivity index (χ0v) is 42.1. The lowest BCUT2D eigenvalue weighted by Crippen LogP contribution is -2.62. The Labute approximate surface area is 398 Å². The van der Waals surface area contributed by atoms with Gasteiger partial charge in [0.05, 0.1) is 22.1 Å². The quantitative estimate of drug-likeness (QED) is 0.158. The topological polar surface area (TPSA) is 13.1 Å². The van der Waals surface area contributed by atoms with E-state index >= 15 is 0 Å². The van der Waals surface area contributed by atoms with Gasteiger partial charge in [-0.1, -0.05) is 176 Å². The normalized spacial score (nSPS) is 15.6. The van der Waals surface area contributed by atoms with Gasteiger partial charge in [0.15, 0.2) is 0 Å². The third-order valence-electron chi connectivity index (χ3n) is 15.9. The van der Waals surface area contributed by atoms with Crippen molar-refractivity contribution in [2.24, 2.45) is 0 Å². The van der Waals surface area contributed by atoms with Crippen LogP contribution >= 0.6 is 0 Å². The van der Waals surface area contributed by atoms with Gasteiger partial charge in [-0.25, -0.2) is 0 Å². The number of aromatic nitrogens is 2. The van der Waals surface area contributed by atoms with E-state index < -0.39 is 0 Å². The second kappa shape index (κ2) is 13.5. The average molecular weight is 874 g/mol. The minimum atomic E-state index is -0.261. The molecule has 2 aliphatic heterocycles. The van der Waals surface area contributed by atoms with E-state index in [0.717, 1.165) is 0 Å². The standard InChI is InChI=1S/C63H64BN3/c1-59(2,3)37-24-28-42(29-25-37)67-57-45-32-38(60(4,5)6)26-30-48(45)63(13,14)54(57)47-34-40(62(10,11)12)35-52-55(47)64(67)49-36-44-43-22-18-19-23-50(43)65(41-20-16-15-17-21-41)56(44)53-46-33-39(61(7,8)9)27-31-51(46)66(52)58(49)53/h15-36H,1-14H3. The van der Waals surface area contributed by atoms with Gasteiger partial charge in [0.2, 0.25) is 0 Å². The highest BCUT2D eigenvalue weighted by atomic mass is 15.1. The second-order valence-electron chi connectivity index (χ2n) is 24.7. The fourth-order valence-electron chi connectivity index (χ4n) is 12.2. The molecule has 2 aromatic heterocycles. The van der Waals surface area contributed by atoms with Crippen molar-refractivity contribution in [1.82, 2.24) is 9.13 Å². The molecular formula is C63H64BN3. The summed E-state index contributed by atoms with van der Waals surface area (Å²) in [5.74, 6) is 0. The second-order valence-corrected chi connectivity index (χ2v) is 24.7. The van der Waals surface area contributed by atoms with Gasteiger partial charge in [-0.2, -0.15) is 0 Å². The van der Waals surface area contributed by atoms with E-state index in [1.807, 2.05) is 0 Å². The molecule has 12 rings (SSSR count). The average Bonchev–Trinajstić information content (AvgIpc) is 3.87. The molecule has 0 atom stereocenters. The van der Waals surface area contributed by atoms with Crippen LogP contribution in [0, 0.1) is 0 Å². The lowest BCUT2D eigenvalue weighted by Gasteiger charge is -2.44. The van der Waals surface area contributed by atoms with Crippen LogP contribution < -0.4 is 15.7 Å². The van der Waals surface area contributed by atoms with Gasteiger partial charge in [-0.3, -0.25) is 0 Å². The summed E-state index contributed by atoms with van der Waals surface area (Å²) >= 11 is 0. The predicted molar refractivity (Wildman–Crippen MR) is 290 cm³/mol. The Bertz CT molecular complexity index is 3620. The molecule has 0 radical (unpaired) electrons. The number of allylic oxidation sites excluding steroid dienone is 1. The zero-order valence-electron chi connectivity index (χ0n) is 42.1. The van der Waals surface area contributed by atoms with Gasteiger partial charge in [0.1, 0.15) is 0 Å². The number of hydrogen-bond donors (Lipinski definition) is 0. The number of hydrogen-bond acceptors (Lipinski definition) is 1. The zero-order chi connectivity index (χ0) is 47.1. The molecule has 0 unspecified atom stereocenters. The predicted octanol–water partition coefficient (Wildman–Crippen LogP) is 15.2. The lowest BCUT2D eigenvalue weighted by molar-refractivity contribution is 0.588. The summed E-state index contributed by atoms with van der Waals surface area (Å²) in [4.78, 5) is 2.79. The van der Waals surface area contributed by atoms with Crippen molar-refractivity contribution in [2.45, 2.75) is 124 Å². The smallest absolute Gasteiger partial charge is 0.333 e. The Hall–Kier alpha value is -6.26. The summed E-state index contributed by atoms with van der Waals surface area (Å²) in [7, 11) is 0. The molecule has 334 valence electrons. The molecule has 4 heteroatoms. The van der Waals surface area contributed by atoms with Gasteiger partial charge in [0.25, 0.3) is 0 Å². The summed E-state index contributed by atoms with van der Waals surface area (Å²) in [6.07, 6.45) is 0. The van der Waals surface area contributed by atoms with E-state index in [-0.39, 0.29) is 33.9 Å². The summed E-state index contributed by atoms with van der Waals surface area (Å²) in [6, 6.07) is 52.3. The molecule has 1 aliphatic carbocycles. The van der Waals surface area contributed by atoms with Crippen LogP contribution in [0.1, 0.15) is 136 Å². The van der Waals surface area contributed by atoms with E-state index in [0.29, 0.717) is 0 Å². The van der Waals surface area contributed by atoms with Gasteiger partial charge < -0.3 is 13.9 Å². The van der Waals surface area contributed by atoms with Crippen LogP contribution in [0.4, 0.5) is 5.69 Å². The van der Waals surface area contributed by atoms with Crippen LogP contribution in [0.3, 0.4) is 0 Å². The first-order valence-electron chi connectivity index (χ1n) is 24.6. The van der Waals surface area contributed by atoms with Crippen LogP contribution in [0.2, 0.25) is 0 Å². The molecule has 0 spiro atoms. The molecule has 9 aromatic rings. The molecule has 0 fully saturated rings. The van der Waals surface area contributed by atoms with Crippen LogP contribution in [0.25, 0.3) is 66.3 Å². The molecule has 0 saturated carbocycles. The summed E-state index contributed by atoms with van der Waals surface area (Å²) in [5.41, 5.74) is 23.5. The maximum Gasteiger partial charge on any atom is 0.333 e. The van der Waals surface area contributed by atoms with Gasteiger partial charge in [-0.15, -0.1) is 0 Å². The molecule has 0 N–H and O–H groups in total. The first-order chi connectivity index (χ1) is 31.5. The van der Waals surface area contributed by atoms with Crippen molar-refractivity contribution in [3.05, 3.63) is 172 Å². The van der Waals surface area contributed by atoms with Crippen molar-refractivity contribution in [1.29, 1.82) is 0 Å². The largest absolute Gasteiger partial charge is 0.376 e. The maximum atomic E-state index is 2.79. The summed E-state index contributed by atoms with van der Waals surface area (Å²) < 4.78 is 5.25. The Morgan fingerprint density at radius 2 is 1.03 bits per heavy atom. The van der Waals surface area contributed by atoms with Crippen molar-refractivity contribution in [3.63, 3.8) is 0 Å². The van der Waals surface area contributed by atoms with E-state index in [4.69, 9.17) is 0 Å². The molecule has 7 aromatic carbocycles. The first kappa shape index (κ1) is 42.1. The van der Waals surface area contributed by atoms with E-state index in [1.54, 1.807) is 0 Å². The monoisotopic (exact) mass is 874 g/mol. The number of anilines is 1. The van der Waals surface area contributed by atoms with Crippen molar-refractivity contribution in [3.8, 4) is 11.4 Å². The van der Waals surface area contributed by atoms with Gasteiger partial charge in [-0.05, 0) is 126 Å². The SMILES string of the molecule is CC(C)(C)c1ccc(N2B3c4c(cc(C(C)(C)C)cc4-n4c5ccc(C(C)(C)C)cc5c5c4c3cc3c4ccccc4n(-c4ccccc4)c35)C3=C2c2cc(C(C)(C)C)ccc2C3(C)C)cc1. The molecule has 3 nitrogen and oxygen atoms in total. The Kier molecular flexibility index (Phi) is 8.47. The van der Waals surface area contributed by atoms with Gasteiger partial charge >= 0.3 is 6.85 Å². The fourth-order valence-corrected chi connectivity index (χ4v) is 12.2. The van der Waals surface area contributed by atoms with Crippen LogP contribution in [0.5, 0.6) is 0 Å². The van der Waals surface area contributed by atoms with Crippen LogP contribution in [0.15, 0.2) is 133 Å². The first-order valence-corrected chi connectivity index (χ1v) is 24.6. The molecule has 0 amide bonds. The molecule has 4 heterocycles. The Balaban J connectivity index is 1.32. The minimum absolute atomic E-state index is 0.0112. The third-order valence-corrected chi connectivity index (χ3v) is 15.9. The highest BCUT2D eigenvalue weighted by Gasteiger charge is 2.52. The number of benzene rings is 7. The van der Waals surface area contributed by atoms with E-state index in [9.17, 15) is 0 Å². The summed E-state index contributed by atoms with van der Waals surface area (Å²) in [6.45, 7) is 33.1. The number of nitrogens with zero attached hydrogens (tertiary/aromatic N) is 3.